The second-order valence-electron chi connectivity index (χ2n) is 4.50. The lowest BCUT2D eigenvalue weighted by Crippen LogP contribution is -1.96. The molecule has 0 aliphatic rings. The number of nitrogen functional groups attached to an aromatic ring is 1. The second-order valence-corrected chi connectivity index (χ2v) is 4.50. The largest absolute Gasteiger partial charge is 0.459 e. The summed E-state index contributed by atoms with van der Waals surface area (Å²) in [5, 5.41) is 14.2. The highest BCUT2D eigenvalue weighted by Crippen LogP contribution is 2.20. The summed E-state index contributed by atoms with van der Waals surface area (Å²) in [6.07, 6.45) is 3.45. The lowest BCUT2D eigenvalue weighted by Gasteiger charge is -1.96. The van der Waals surface area contributed by atoms with Crippen LogP contribution in [-0.4, -0.2) is 21.0 Å². The van der Waals surface area contributed by atoms with Gasteiger partial charge in [-0.25, -0.2) is 9.66 Å². The summed E-state index contributed by atoms with van der Waals surface area (Å²) in [6, 6.07) is 7.47. The van der Waals surface area contributed by atoms with Gasteiger partial charge in [-0.05, 0) is 36.8 Å². The van der Waals surface area contributed by atoms with Gasteiger partial charge in [0.1, 0.15) is 18.0 Å². The summed E-state index contributed by atoms with van der Waals surface area (Å²) in [4.78, 5) is 4.07. The van der Waals surface area contributed by atoms with Gasteiger partial charge in [-0.3, -0.25) is 0 Å². The molecule has 3 aromatic rings. The van der Waals surface area contributed by atoms with Crippen molar-refractivity contribution in [2.45, 2.75) is 13.5 Å². The average molecular weight is 270 g/mol. The van der Waals surface area contributed by atoms with Gasteiger partial charge in [-0.15, -0.1) is 0 Å². The molecule has 0 saturated carbocycles. The van der Waals surface area contributed by atoms with E-state index in [1.54, 1.807) is 12.4 Å². The van der Waals surface area contributed by atoms with E-state index < -0.39 is 0 Å². The first-order chi connectivity index (χ1) is 9.65. The van der Waals surface area contributed by atoms with Gasteiger partial charge in [0.2, 0.25) is 5.95 Å². The van der Waals surface area contributed by atoms with E-state index in [0.717, 1.165) is 22.2 Å². The van der Waals surface area contributed by atoms with E-state index in [1.807, 2.05) is 31.2 Å². The van der Waals surface area contributed by atoms with Crippen LogP contribution in [0.1, 0.15) is 17.0 Å². The predicted octanol–water partition coefficient (Wildman–Crippen LogP) is 1.89. The summed E-state index contributed by atoms with van der Waals surface area (Å²) in [7, 11) is 0. The summed E-state index contributed by atoms with van der Waals surface area (Å²) in [5.74, 6) is 0.897. The van der Waals surface area contributed by atoms with Crippen LogP contribution < -0.4 is 5.73 Å². The number of imidazole rings is 1. The number of nitrogens with two attached hydrogens (primary N) is 1. The van der Waals surface area contributed by atoms with E-state index in [0.29, 0.717) is 11.7 Å². The minimum Gasteiger partial charge on any atom is -0.459 e. The van der Waals surface area contributed by atoms with Gasteiger partial charge in [-0.1, -0.05) is 0 Å². The fourth-order valence-electron chi connectivity index (χ4n) is 2.00. The number of aliphatic hydroxyl groups is 1. The number of hydrogen-bond donors (Lipinski definition) is 2. The number of aliphatic hydroxyl groups excluding tert-OH is 1. The molecule has 0 radical (unpaired) electrons. The van der Waals surface area contributed by atoms with Gasteiger partial charge in [0, 0.05) is 5.39 Å². The van der Waals surface area contributed by atoms with E-state index in [2.05, 4.69) is 10.1 Å². The predicted molar refractivity (Wildman–Crippen MR) is 76.5 cm³/mol. The van der Waals surface area contributed by atoms with Crippen molar-refractivity contribution in [3.05, 3.63) is 47.5 Å². The molecule has 3 N–H and O–H groups in total. The zero-order chi connectivity index (χ0) is 14.1. The van der Waals surface area contributed by atoms with Gasteiger partial charge in [0.05, 0.1) is 18.1 Å². The molecule has 0 fully saturated rings. The Kier molecular flexibility index (Phi) is 3.00. The Morgan fingerprint density at radius 3 is 3.00 bits per heavy atom. The summed E-state index contributed by atoms with van der Waals surface area (Å²) >= 11 is 0. The molecular weight excluding hydrogens is 256 g/mol. The molecule has 3 rings (SSSR count). The molecule has 6 heteroatoms. The van der Waals surface area contributed by atoms with E-state index in [-0.39, 0.29) is 6.61 Å². The van der Waals surface area contributed by atoms with E-state index in [4.69, 9.17) is 15.3 Å². The number of benzene rings is 1. The van der Waals surface area contributed by atoms with Crippen LogP contribution in [-0.2, 0) is 6.61 Å². The minimum absolute atomic E-state index is 0.108. The van der Waals surface area contributed by atoms with Crippen molar-refractivity contribution in [2.24, 2.45) is 5.10 Å². The van der Waals surface area contributed by atoms with Crippen LogP contribution in [0.3, 0.4) is 0 Å². The molecule has 102 valence electrons. The topological polar surface area (TPSA) is 89.6 Å². The Morgan fingerprint density at radius 1 is 1.45 bits per heavy atom. The molecular formula is C14H14N4O2. The Bertz CT molecular complexity index is 786. The van der Waals surface area contributed by atoms with Crippen LogP contribution in [0.25, 0.3) is 11.0 Å². The molecule has 0 bridgehead atoms. The standard InChI is InChI=1S/C14H14N4O2/c1-9-7-18(14(15)17-9)16-6-10-2-3-13-11(4-10)5-12(8-19)20-13/h2-7,19H,8H2,1H3,(H2,15,17). The Balaban J connectivity index is 1.92. The third-order valence-electron chi connectivity index (χ3n) is 2.91. The molecule has 0 aliphatic carbocycles. The van der Waals surface area contributed by atoms with Crippen molar-refractivity contribution in [2.75, 3.05) is 5.73 Å². The first-order valence-electron chi connectivity index (χ1n) is 6.15. The van der Waals surface area contributed by atoms with Crippen LogP contribution in [0.5, 0.6) is 0 Å². The molecule has 1 aromatic carbocycles. The van der Waals surface area contributed by atoms with Crippen molar-refractivity contribution in [3.8, 4) is 0 Å². The summed E-state index contributed by atoms with van der Waals surface area (Å²) in [5.41, 5.74) is 8.18. The van der Waals surface area contributed by atoms with E-state index in [9.17, 15) is 0 Å². The molecule has 0 spiro atoms. The van der Waals surface area contributed by atoms with Crippen molar-refractivity contribution < 1.29 is 9.52 Å². The molecule has 20 heavy (non-hydrogen) atoms. The SMILES string of the molecule is Cc1cn(N=Cc2ccc3oc(CO)cc3c2)c(N)n1. The maximum atomic E-state index is 9.05. The minimum atomic E-state index is -0.108. The summed E-state index contributed by atoms with van der Waals surface area (Å²) < 4.78 is 6.95. The third kappa shape index (κ3) is 2.28. The monoisotopic (exact) mass is 270 g/mol. The highest BCUT2D eigenvalue weighted by atomic mass is 16.4. The van der Waals surface area contributed by atoms with Crippen LogP contribution in [0.4, 0.5) is 5.95 Å². The smallest absolute Gasteiger partial charge is 0.221 e. The maximum absolute atomic E-state index is 9.05. The second kappa shape index (κ2) is 4.82. The molecule has 0 atom stereocenters. The molecule has 2 heterocycles. The van der Waals surface area contributed by atoms with Gasteiger partial charge in [-0.2, -0.15) is 5.10 Å². The Morgan fingerprint density at radius 2 is 2.30 bits per heavy atom. The first-order valence-corrected chi connectivity index (χ1v) is 6.15. The number of aromatic nitrogens is 2. The number of hydrogen-bond acceptors (Lipinski definition) is 5. The van der Waals surface area contributed by atoms with Crippen LogP contribution in [0.2, 0.25) is 0 Å². The third-order valence-corrected chi connectivity index (χ3v) is 2.91. The summed E-state index contributed by atoms with van der Waals surface area (Å²) in [6.45, 7) is 1.75. The number of aryl methyl sites for hydroxylation is 1. The average Bonchev–Trinajstić information content (AvgIpc) is 2.98. The molecule has 6 nitrogen and oxygen atoms in total. The molecule has 0 aliphatic heterocycles. The lowest BCUT2D eigenvalue weighted by molar-refractivity contribution is 0.251. The van der Waals surface area contributed by atoms with Crippen molar-refractivity contribution in [1.29, 1.82) is 0 Å². The molecule has 2 aromatic heterocycles. The van der Waals surface area contributed by atoms with Gasteiger partial charge < -0.3 is 15.3 Å². The normalized spacial score (nSPS) is 11.7. The number of fused-ring (bicyclic) bond motifs is 1. The van der Waals surface area contributed by atoms with Crippen LogP contribution in [0, 0.1) is 6.92 Å². The van der Waals surface area contributed by atoms with E-state index in [1.165, 1.54) is 4.68 Å². The number of rotatable bonds is 3. The fraction of sp³-hybridized carbons (Fsp3) is 0.143. The first kappa shape index (κ1) is 12.4. The number of nitrogens with zero attached hydrogens (tertiary/aromatic N) is 3. The van der Waals surface area contributed by atoms with Gasteiger partial charge >= 0.3 is 0 Å². The Labute approximate surface area is 115 Å². The molecule has 0 saturated heterocycles. The van der Waals surface area contributed by atoms with Crippen LogP contribution >= 0.6 is 0 Å². The lowest BCUT2D eigenvalue weighted by atomic mass is 10.2. The fourth-order valence-corrected chi connectivity index (χ4v) is 2.00. The highest BCUT2D eigenvalue weighted by Gasteiger charge is 2.03. The zero-order valence-corrected chi connectivity index (χ0v) is 10.9. The molecule has 0 unspecified atom stereocenters. The van der Waals surface area contributed by atoms with Crippen molar-refractivity contribution in [3.63, 3.8) is 0 Å². The zero-order valence-electron chi connectivity index (χ0n) is 10.9. The maximum Gasteiger partial charge on any atom is 0.221 e. The van der Waals surface area contributed by atoms with Crippen LogP contribution in [0.15, 0.2) is 40.0 Å². The molecule has 0 amide bonds. The van der Waals surface area contributed by atoms with Crippen molar-refractivity contribution >= 4 is 23.1 Å². The van der Waals surface area contributed by atoms with Gasteiger partial charge in [0.15, 0.2) is 0 Å². The number of furan rings is 1. The highest BCUT2D eigenvalue weighted by molar-refractivity contribution is 5.88. The quantitative estimate of drug-likeness (QED) is 0.711. The van der Waals surface area contributed by atoms with Gasteiger partial charge in [0.25, 0.3) is 0 Å². The van der Waals surface area contributed by atoms with Crippen molar-refractivity contribution in [1.82, 2.24) is 9.66 Å². The van der Waals surface area contributed by atoms with E-state index >= 15 is 0 Å². The Hall–Kier alpha value is -2.60. The number of anilines is 1.